The van der Waals surface area contributed by atoms with E-state index in [1.807, 2.05) is 191 Å². The zero-order valence-electron chi connectivity index (χ0n) is 55.4. The van der Waals surface area contributed by atoms with E-state index < -0.39 is 75.7 Å². The van der Waals surface area contributed by atoms with Crippen molar-refractivity contribution in [2.75, 3.05) is 44.6 Å². The van der Waals surface area contributed by atoms with Gasteiger partial charge in [0.05, 0.1) is 17.8 Å². The number of likely N-dealkylation sites (tertiary alicyclic amines) is 3. The quantitative estimate of drug-likeness (QED) is 0.0989. The van der Waals surface area contributed by atoms with Crippen molar-refractivity contribution in [2.24, 2.45) is 35.5 Å². The van der Waals surface area contributed by atoms with Gasteiger partial charge in [-0.3, -0.25) is 14.4 Å². The maximum Gasteiger partial charge on any atom is 0.410 e. The van der Waals surface area contributed by atoms with Gasteiger partial charge in [-0.2, -0.15) is 0 Å². The first-order chi connectivity index (χ1) is 40.1. The van der Waals surface area contributed by atoms with Gasteiger partial charge in [0.1, 0.15) is 33.6 Å². The van der Waals surface area contributed by atoms with E-state index in [2.05, 4.69) is 5.32 Å². The normalized spacial score (nSPS) is 18.7. The summed E-state index contributed by atoms with van der Waals surface area (Å²) in [5, 5.41) is 3.17. The van der Waals surface area contributed by atoms with E-state index in [1.165, 1.54) is 0 Å². The molecule has 0 saturated carbocycles. The topological polar surface area (TPSA) is 200 Å². The summed E-state index contributed by atoms with van der Waals surface area (Å²) in [6, 6.07) is 22.7. The maximum atomic E-state index is 15.1. The third kappa shape index (κ3) is 22.7. The van der Waals surface area contributed by atoms with Crippen LogP contribution in [0.25, 0.3) is 0 Å². The molecule has 480 valence electrons. The predicted octanol–water partition coefficient (Wildman–Crippen LogP) is 13.2. The Kier molecular flexibility index (Phi) is 22.4. The summed E-state index contributed by atoms with van der Waals surface area (Å²) in [5.41, 5.74) is 0.334. The second-order valence-electron chi connectivity index (χ2n) is 30.1. The van der Waals surface area contributed by atoms with Crippen LogP contribution in [0, 0.1) is 35.5 Å². The highest BCUT2D eigenvalue weighted by atomic mass is 16.6. The smallest absolute Gasteiger partial charge is 0.410 e. The minimum Gasteiger partial charge on any atom is -0.460 e. The van der Waals surface area contributed by atoms with Gasteiger partial charge in [0.25, 0.3) is 0 Å². The molecule has 0 aliphatic carbocycles. The highest BCUT2D eigenvalue weighted by Gasteiger charge is 2.43. The number of nitrogens with zero attached hydrogens (tertiary/aromatic N) is 4. The van der Waals surface area contributed by atoms with Gasteiger partial charge in [-0.05, 0) is 221 Å². The first-order valence-electron chi connectivity index (χ1n) is 31.1. The minimum atomic E-state index is -0.751. The van der Waals surface area contributed by atoms with Crippen LogP contribution in [-0.2, 0) is 75.2 Å². The fraction of sp³-hybridized carbons (Fsp3) is 0.638. The average molecular weight is 1210 g/mol. The lowest BCUT2D eigenvalue weighted by Crippen LogP contribution is -2.38. The van der Waals surface area contributed by atoms with Gasteiger partial charge in [-0.15, -0.1) is 0 Å². The summed E-state index contributed by atoms with van der Waals surface area (Å²) in [5.74, 6) is -3.42. The highest BCUT2D eigenvalue weighted by molar-refractivity contribution is 5.89. The SMILES string of the molecule is CC(C)(C)OC(=O)[C@@H](Cc1cccc(CN(Cc2cccc(C[C@H](C(=O)OC(C)(C)C)[C@H]3CCN(C(=O)OC(C)(C)C)C3)c2)C(=O)Nc2cccc(C[C@H](C(=O)OC(C)(C)C)[C@H]3CCN(C(=O)OC(C)(C)C)C3)c2)c1)[C@H]1CCN(C(=O)OC(C)(C)C)C1. The van der Waals surface area contributed by atoms with E-state index in [-0.39, 0.29) is 48.8 Å². The number of esters is 3. The van der Waals surface area contributed by atoms with Crippen LogP contribution >= 0.6 is 0 Å². The molecule has 3 aliphatic rings. The van der Waals surface area contributed by atoms with E-state index in [9.17, 15) is 28.8 Å². The summed E-state index contributed by atoms with van der Waals surface area (Å²) in [7, 11) is 0. The molecule has 18 nitrogen and oxygen atoms in total. The number of anilines is 1. The van der Waals surface area contributed by atoms with Crippen molar-refractivity contribution in [3.8, 4) is 0 Å². The van der Waals surface area contributed by atoms with E-state index >= 15 is 4.79 Å². The number of ether oxygens (including phenoxy) is 6. The Labute approximate surface area is 518 Å². The Balaban J connectivity index is 1.31. The van der Waals surface area contributed by atoms with E-state index in [1.54, 1.807) is 25.7 Å². The average Bonchev–Trinajstić information content (AvgIpc) is 2.84. The Bertz CT molecular complexity index is 2770. The first-order valence-corrected chi connectivity index (χ1v) is 31.1. The highest BCUT2D eigenvalue weighted by Crippen LogP contribution is 2.35. The van der Waals surface area contributed by atoms with Crippen LogP contribution < -0.4 is 5.32 Å². The molecule has 1 N–H and O–H groups in total. The van der Waals surface area contributed by atoms with Crippen LogP contribution in [0.1, 0.15) is 172 Å². The molecule has 3 saturated heterocycles. The van der Waals surface area contributed by atoms with Crippen molar-refractivity contribution < 1.29 is 62.0 Å². The molecule has 3 fully saturated rings. The van der Waals surface area contributed by atoms with E-state index in [0.29, 0.717) is 83.5 Å². The molecule has 0 radical (unpaired) electrons. The van der Waals surface area contributed by atoms with Gasteiger partial charge in [0.2, 0.25) is 0 Å². The molecule has 3 heterocycles. The Morgan fingerprint density at radius 3 is 0.989 bits per heavy atom. The molecule has 3 aromatic carbocycles. The molecule has 0 aromatic heterocycles. The van der Waals surface area contributed by atoms with Crippen molar-refractivity contribution >= 4 is 47.9 Å². The number of urea groups is 1. The summed E-state index contributed by atoms with van der Waals surface area (Å²) in [6.07, 6.45) is 1.46. The molecule has 0 spiro atoms. The van der Waals surface area contributed by atoms with Crippen molar-refractivity contribution in [1.82, 2.24) is 19.6 Å². The third-order valence-corrected chi connectivity index (χ3v) is 15.0. The fourth-order valence-corrected chi connectivity index (χ4v) is 11.4. The van der Waals surface area contributed by atoms with Crippen LogP contribution in [0.4, 0.5) is 24.9 Å². The van der Waals surface area contributed by atoms with Gasteiger partial charge in [-0.25, -0.2) is 19.2 Å². The van der Waals surface area contributed by atoms with Crippen molar-refractivity contribution in [3.63, 3.8) is 0 Å². The molecule has 6 rings (SSSR count). The van der Waals surface area contributed by atoms with Gasteiger partial charge in [0.15, 0.2) is 0 Å². The van der Waals surface area contributed by atoms with Crippen molar-refractivity contribution in [2.45, 2.75) is 210 Å². The number of benzene rings is 3. The molecule has 3 aromatic rings. The largest absolute Gasteiger partial charge is 0.460 e. The standard InChI is InChI=1S/C69H101N5O13/c1-64(2,3)82-57(75)54(50-28-31-71(42-50)61(79)85-67(10,11)12)37-45-22-19-25-48(34-45)40-74(41-49-26-20-23-46(35-49)38-55(58(76)83-65(4,5)6)51-29-32-72(43-51)62(80)86-68(13,14)15)60(78)70-53-27-21-24-47(36-53)39-56(59(77)84-66(7,8)9)52-30-33-73(44-52)63(81)87-69(16,17)18/h19-27,34-36,50-52,54-56H,28-33,37-44H2,1-18H3,(H,70,78)/t50-,51-,52-,54-,55-,56-/m0/s1. The molecule has 87 heavy (non-hydrogen) atoms. The van der Waals surface area contributed by atoms with Gasteiger partial charge in [-0.1, -0.05) is 60.7 Å². The monoisotopic (exact) mass is 1210 g/mol. The molecule has 18 heteroatoms. The lowest BCUT2D eigenvalue weighted by atomic mass is 9.85. The molecule has 6 atom stereocenters. The summed E-state index contributed by atoms with van der Waals surface area (Å²) in [4.78, 5) is 104. The van der Waals surface area contributed by atoms with Gasteiger partial charge >= 0.3 is 42.2 Å². The molecule has 0 bridgehead atoms. The summed E-state index contributed by atoms with van der Waals surface area (Å²) in [6.45, 7) is 35.6. The number of hydrogen-bond acceptors (Lipinski definition) is 13. The third-order valence-electron chi connectivity index (χ3n) is 15.0. The van der Waals surface area contributed by atoms with E-state index in [4.69, 9.17) is 28.4 Å². The Morgan fingerprint density at radius 1 is 0.414 bits per heavy atom. The zero-order chi connectivity index (χ0) is 64.6. The molecular weight excluding hydrogens is 1110 g/mol. The van der Waals surface area contributed by atoms with Crippen molar-refractivity contribution in [3.05, 3.63) is 101 Å². The van der Waals surface area contributed by atoms with Crippen LogP contribution in [0.2, 0.25) is 0 Å². The Morgan fingerprint density at radius 2 is 0.690 bits per heavy atom. The fourth-order valence-electron chi connectivity index (χ4n) is 11.4. The second kappa shape index (κ2) is 28.1. The minimum absolute atomic E-state index is 0.149. The molecular formula is C69H101N5O13. The lowest BCUT2D eigenvalue weighted by Gasteiger charge is -2.29. The number of hydrogen-bond donors (Lipinski definition) is 1. The molecule has 5 amide bonds. The van der Waals surface area contributed by atoms with Crippen LogP contribution in [0.15, 0.2) is 72.8 Å². The number of nitrogens with one attached hydrogen (secondary N) is 1. The second-order valence-corrected chi connectivity index (χ2v) is 30.1. The van der Waals surface area contributed by atoms with Gasteiger partial charge < -0.3 is 53.3 Å². The Hall–Kier alpha value is -6.85. The molecule has 0 unspecified atom stereocenters. The lowest BCUT2D eigenvalue weighted by molar-refractivity contribution is -0.163. The van der Waals surface area contributed by atoms with Gasteiger partial charge in [0, 0.05) is 58.0 Å². The van der Waals surface area contributed by atoms with Crippen LogP contribution in [0.3, 0.4) is 0 Å². The number of carbonyl (C=O) groups is 7. The van der Waals surface area contributed by atoms with E-state index in [0.717, 1.165) is 27.8 Å². The van der Waals surface area contributed by atoms with Crippen LogP contribution in [0.5, 0.6) is 0 Å². The zero-order valence-corrected chi connectivity index (χ0v) is 55.4. The molecule has 3 aliphatic heterocycles. The first kappa shape index (κ1) is 69.3. The number of amides is 5. The number of carbonyl (C=O) groups excluding carboxylic acids is 7. The van der Waals surface area contributed by atoms with Crippen molar-refractivity contribution in [1.29, 1.82) is 0 Å². The predicted molar refractivity (Wildman–Crippen MR) is 334 cm³/mol. The van der Waals surface area contributed by atoms with Crippen LogP contribution in [-0.4, -0.2) is 135 Å². The summed E-state index contributed by atoms with van der Waals surface area (Å²) >= 11 is 0. The summed E-state index contributed by atoms with van der Waals surface area (Å²) < 4.78 is 35.1. The number of rotatable bonds is 17. The maximum absolute atomic E-state index is 15.1.